The van der Waals surface area contributed by atoms with Crippen LogP contribution < -0.4 is 11.3 Å². The van der Waals surface area contributed by atoms with Gasteiger partial charge in [-0.3, -0.25) is 0 Å². The molecule has 19 heavy (non-hydrogen) atoms. The van der Waals surface area contributed by atoms with E-state index in [4.69, 9.17) is 5.84 Å². The lowest BCUT2D eigenvalue weighted by atomic mass is 9.92. The van der Waals surface area contributed by atoms with Gasteiger partial charge in [-0.25, -0.2) is 15.8 Å². The normalized spacial score (nSPS) is 11.4. The Balaban J connectivity index is 2.61. The molecule has 2 aromatic rings. The van der Waals surface area contributed by atoms with Crippen LogP contribution in [0.15, 0.2) is 34.8 Å². The van der Waals surface area contributed by atoms with E-state index in [1.807, 2.05) is 30.3 Å². The first-order valence-electron chi connectivity index (χ1n) is 6.03. The SMILES string of the molecule is CC(C)(C)c1cc(NN)nc(-c2ccccc2Br)n1. The topological polar surface area (TPSA) is 63.8 Å². The molecule has 0 amide bonds. The number of benzene rings is 1. The van der Waals surface area contributed by atoms with E-state index in [2.05, 4.69) is 52.1 Å². The van der Waals surface area contributed by atoms with Crippen molar-refractivity contribution in [3.8, 4) is 11.4 Å². The van der Waals surface area contributed by atoms with Gasteiger partial charge in [0.05, 0.1) is 5.69 Å². The molecule has 1 heterocycles. The maximum Gasteiger partial charge on any atom is 0.162 e. The van der Waals surface area contributed by atoms with E-state index < -0.39 is 0 Å². The highest BCUT2D eigenvalue weighted by atomic mass is 79.9. The van der Waals surface area contributed by atoms with E-state index in [1.54, 1.807) is 0 Å². The number of nitrogen functional groups attached to an aromatic ring is 1. The lowest BCUT2D eigenvalue weighted by Crippen LogP contribution is -2.17. The number of halogens is 1. The summed E-state index contributed by atoms with van der Waals surface area (Å²) in [5.74, 6) is 6.77. The van der Waals surface area contributed by atoms with Gasteiger partial charge in [0.15, 0.2) is 5.82 Å². The number of hydrogen-bond acceptors (Lipinski definition) is 4. The maximum absolute atomic E-state index is 5.50. The summed E-state index contributed by atoms with van der Waals surface area (Å²) in [6.45, 7) is 6.33. The number of hydrogen-bond donors (Lipinski definition) is 2. The highest BCUT2D eigenvalue weighted by Crippen LogP contribution is 2.29. The van der Waals surface area contributed by atoms with Crippen molar-refractivity contribution in [3.05, 3.63) is 40.5 Å². The standard InChI is InChI=1S/C14H17BrN4/c1-14(2,3)11-8-12(19-16)18-13(17-11)9-6-4-5-7-10(9)15/h4-8H,16H2,1-3H3,(H,17,18,19). The molecule has 0 fully saturated rings. The largest absolute Gasteiger partial charge is 0.308 e. The van der Waals surface area contributed by atoms with Crippen LogP contribution >= 0.6 is 15.9 Å². The zero-order valence-corrected chi connectivity index (χ0v) is 12.8. The van der Waals surface area contributed by atoms with Crippen molar-refractivity contribution < 1.29 is 0 Å². The van der Waals surface area contributed by atoms with Crippen LogP contribution in [0, 0.1) is 0 Å². The van der Waals surface area contributed by atoms with Gasteiger partial charge >= 0.3 is 0 Å². The molecule has 2 rings (SSSR count). The van der Waals surface area contributed by atoms with E-state index in [0.717, 1.165) is 15.7 Å². The number of aromatic nitrogens is 2. The molecule has 0 aliphatic carbocycles. The van der Waals surface area contributed by atoms with E-state index in [-0.39, 0.29) is 5.41 Å². The van der Waals surface area contributed by atoms with Crippen molar-refractivity contribution in [1.29, 1.82) is 0 Å². The predicted molar refractivity (Wildman–Crippen MR) is 81.7 cm³/mol. The van der Waals surface area contributed by atoms with E-state index in [1.165, 1.54) is 0 Å². The lowest BCUT2D eigenvalue weighted by Gasteiger charge is -2.19. The Bertz CT molecular complexity index is 590. The molecule has 1 aromatic heterocycles. The number of nitrogens with one attached hydrogen (secondary N) is 1. The quantitative estimate of drug-likeness (QED) is 0.656. The Hall–Kier alpha value is -1.46. The molecule has 4 nitrogen and oxygen atoms in total. The van der Waals surface area contributed by atoms with E-state index in [9.17, 15) is 0 Å². The van der Waals surface area contributed by atoms with Crippen LogP contribution in [0.3, 0.4) is 0 Å². The molecule has 0 radical (unpaired) electrons. The lowest BCUT2D eigenvalue weighted by molar-refractivity contribution is 0.568. The molecule has 0 saturated heterocycles. The summed E-state index contributed by atoms with van der Waals surface area (Å²) in [4.78, 5) is 9.07. The summed E-state index contributed by atoms with van der Waals surface area (Å²) in [5, 5.41) is 0. The van der Waals surface area contributed by atoms with Crippen LogP contribution in [0.25, 0.3) is 11.4 Å². The zero-order chi connectivity index (χ0) is 14.0. The fraction of sp³-hybridized carbons (Fsp3) is 0.286. The van der Waals surface area contributed by atoms with Gasteiger partial charge in [0.2, 0.25) is 0 Å². The molecular weight excluding hydrogens is 304 g/mol. The van der Waals surface area contributed by atoms with Gasteiger partial charge in [0.25, 0.3) is 0 Å². The summed E-state index contributed by atoms with van der Waals surface area (Å²) >= 11 is 3.52. The zero-order valence-electron chi connectivity index (χ0n) is 11.2. The van der Waals surface area contributed by atoms with Crippen LogP contribution in [0.4, 0.5) is 5.82 Å². The molecule has 0 bridgehead atoms. The molecular formula is C14H17BrN4. The average molecular weight is 321 g/mol. The Morgan fingerprint density at radius 2 is 1.84 bits per heavy atom. The first-order valence-corrected chi connectivity index (χ1v) is 6.82. The third kappa shape index (κ3) is 3.11. The summed E-state index contributed by atoms with van der Waals surface area (Å²) < 4.78 is 0.962. The number of nitrogens with zero attached hydrogens (tertiary/aromatic N) is 2. The molecule has 1 aromatic carbocycles. The Morgan fingerprint density at radius 3 is 2.42 bits per heavy atom. The van der Waals surface area contributed by atoms with E-state index in [0.29, 0.717) is 11.6 Å². The van der Waals surface area contributed by atoms with Gasteiger partial charge in [-0.2, -0.15) is 0 Å². The highest BCUT2D eigenvalue weighted by Gasteiger charge is 2.19. The molecule has 0 aliphatic heterocycles. The second-order valence-corrected chi connectivity index (χ2v) is 6.19. The molecule has 0 spiro atoms. The summed E-state index contributed by atoms with van der Waals surface area (Å²) in [7, 11) is 0. The van der Waals surface area contributed by atoms with Crippen LogP contribution in [0.1, 0.15) is 26.5 Å². The number of hydrazine groups is 1. The van der Waals surface area contributed by atoms with Crippen LogP contribution in [-0.4, -0.2) is 9.97 Å². The molecule has 5 heteroatoms. The number of anilines is 1. The minimum absolute atomic E-state index is 0.0649. The number of nitrogens with two attached hydrogens (primary N) is 1. The van der Waals surface area contributed by atoms with Gasteiger partial charge in [0, 0.05) is 21.5 Å². The molecule has 0 unspecified atom stereocenters. The second-order valence-electron chi connectivity index (χ2n) is 5.34. The van der Waals surface area contributed by atoms with Crippen molar-refractivity contribution in [2.75, 3.05) is 5.43 Å². The molecule has 0 aliphatic rings. The maximum atomic E-state index is 5.50. The van der Waals surface area contributed by atoms with Crippen LogP contribution in [-0.2, 0) is 5.41 Å². The minimum Gasteiger partial charge on any atom is -0.308 e. The highest BCUT2D eigenvalue weighted by molar-refractivity contribution is 9.10. The summed E-state index contributed by atoms with van der Waals surface area (Å²) in [6, 6.07) is 9.75. The van der Waals surface area contributed by atoms with Crippen molar-refractivity contribution in [3.63, 3.8) is 0 Å². The third-order valence-electron chi connectivity index (χ3n) is 2.76. The van der Waals surface area contributed by atoms with Gasteiger partial charge in [-0.05, 0) is 6.07 Å². The second kappa shape index (κ2) is 5.27. The molecule has 100 valence electrons. The summed E-state index contributed by atoms with van der Waals surface area (Å²) in [6.07, 6.45) is 0. The Morgan fingerprint density at radius 1 is 1.16 bits per heavy atom. The van der Waals surface area contributed by atoms with Gasteiger partial charge in [-0.1, -0.05) is 54.9 Å². The summed E-state index contributed by atoms with van der Waals surface area (Å²) in [5.41, 5.74) is 4.43. The van der Waals surface area contributed by atoms with Crippen molar-refractivity contribution in [2.24, 2.45) is 5.84 Å². The number of rotatable bonds is 2. The first kappa shape index (κ1) is 14.0. The van der Waals surface area contributed by atoms with Crippen molar-refractivity contribution in [1.82, 2.24) is 9.97 Å². The average Bonchev–Trinajstić information content (AvgIpc) is 2.37. The molecule has 0 atom stereocenters. The fourth-order valence-corrected chi connectivity index (χ4v) is 2.13. The van der Waals surface area contributed by atoms with Gasteiger partial charge in [-0.15, -0.1) is 0 Å². The monoisotopic (exact) mass is 320 g/mol. The molecule has 3 N–H and O–H groups in total. The predicted octanol–water partition coefficient (Wildman–Crippen LogP) is 3.49. The fourth-order valence-electron chi connectivity index (χ4n) is 1.67. The van der Waals surface area contributed by atoms with E-state index >= 15 is 0 Å². The van der Waals surface area contributed by atoms with Gasteiger partial charge < -0.3 is 5.43 Å². The van der Waals surface area contributed by atoms with Crippen LogP contribution in [0.5, 0.6) is 0 Å². The van der Waals surface area contributed by atoms with Crippen molar-refractivity contribution in [2.45, 2.75) is 26.2 Å². The Labute approximate surface area is 121 Å². The van der Waals surface area contributed by atoms with Crippen molar-refractivity contribution >= 4 is 21.7 Å². The van der Waals surface area contributed by atoms with Gasteiger partial charge in [0.1, 0.15) is 5.82 Å². The molecule has 0 saturated carbocycles. The minimum atomic E-state index is -0.0649. The first-order chi connectivity index (χ1) is 8.91. The Kier molecular flexibility index (Phi) is 3.87. The third-order valence-corrected chi connectivity index (χ3v) is 3.45. The van der Waals surface area contributed by atoms with Crippen LogP contribution in [0.2, 0.25) is 0 Å². The smallest absolute Gasteiger partial charge is 0.162 e.